The minimum absolute atomic E-state index is 0.0759. The van der Waals surface area contributed by atoms with Crippen molar-refractivity contribution in [3.05, 3.63) is 118 Å². The molecule has 0 fully saturated rings. The Morgan fingerprint density at radius 1 is 0.564 bits per heavy atom. The van der Waals surface area contributed by atoms with Gasteiger partial charge in [-0.25, -0.2) is 0 Å². The molecule has 8 rings (SSSR count). The lowest BCUT2D eigenvalue weighted by Crippen LogP contribution is -2.45. The summed E-state index contributed by atoms with van der Waals surface area (Å²) in [6.07, 6.45) is 4.87. The predicted octanol–water partition coefficient (Wildman–Crippen LogP) is 14.0. The van der Waals surface area contributed by atoms with Gasteiger partial charge in [-0.2, -0.15) is 0 Å². The number of rotatable bonds is 11. The zero-order valence-electron chi connectivity index (χ0n) is 35.8. The average molecular weight is 781 g/mol. The Bertz CT molecular complexity index is 2280. The van der Waals surface area contributed by atoms with E-state index >= 15 is 0 Å². The Kier molecular flexibility index (Phi) is 9.51. The molecular formula is C49H64N2OSi3. The smallest absolute Gasteiger partial charge is 0.153 e. The van der Waals surface area contributed by atoms with Crippen molar-refractivity contribution >= 4 is 46.4 Å². The van der Waals surface area contributed by atoms with Crippen LogP contribution in [0, 0.1) is 13.8 Å². The summed E-state index contributed by atoms with van der Waals surface area (Å²) in [5.74, 6) is 0. The Morgan fingerprint density at radius 2 is 1.00 bits per heavy atom. The molecule has 0 N–H and O–H groups in total. The molecule has 0 saturated heterocycles. The maximum Gasteiger partial charge on any atom is 0.153 e. The molecule has 0 saturated carbocycles. The van der Waals surface area contributed by atoms with Gasteiger partial charge in [0, 0.05) is 62.0 Å². The highest BCUT2D eigenvalue weighted by molar-refractivity contribution is 6.84. The molecule has 0 aliphatic heterocycles. The van der Waals surface area contributed by atoms with Crippen LogP contribution in [0.25, 0.3) is 44.3 Å². The van der Waals surface area contributed by atoms with Gasteiger partial charge < -0.3 is 13.2 Å². The summed E-state index contributed by atoms with van der Waals surface area (Å²) in [6, 6.07) is 35.2. The maximum atomic E-state index is 6.17. The van der Waals surface area contributed by atoms with Gasteiger partial charge in [0.05, 0.1) is 13.7 Å². The molecule has 2 aliphatic rings. The summed E-state index contributed by atoms with van der Waals surface area (Å²) in [6.45, 7) is 30.0. The first kappa shape index (κ1) is 38.4. The Labute approximate surface area is 334 Å². The van der Waals surface area contributed by atoms with Crippen LogP contribution in [0.3, 0.4) is 0 Å². The van der Waals surface area contributed by atoms with Crippen molar-refractivity contribution in [2.45, 2.75) is 129 Å². The lowest BCUT2D eigenvalue weighted by atomic mass is 10.1. The van der Waals surface area contributed by atoms with Crippen molar-refractivity contribution in [2.75, 3.05) is 6.61 Å². The predicted molar refractivity (Wildman–Crippen MR) is 246 cm³/mol. The van der Waals surface area contributed by atoms with Gasteiger partial charge in [-0.3, -0.25) is 0 Å². The second kappa shape index (κ2) is 13.6. The fourth-order valence-corrected chi connectivity index (χ4v) is 20.2. The zero-order chi connectivity index (χ0) is 39.2. The van der Waals surface area contributed by atoms with Crippen LogP contribution in [0.15, 0.2) is 84.9 Å². The van der Waals surface area contributed by atoms with Gasteiger partial charge >= 0.3 is 0 Å². The highest BCUT2D eigenvalue weighted by atomic mass is 28.3. The number of hydrogen-bond donors (Lipinski definition) is 0. The number of unbranched alkanes of at least 4 members (excludes halogenated alkanes) is 3. The van der Waals surface area contributed by atoms with E-state index in [4.69, 9.17) is 4.74 Å². The first-order valence-corrected chi connectivity index (χ1v) is 30.8. The molecular weight excluding hydrogens is 717 g/mol. The van der Waals surface area contributed by atoms with E-state index in [2.05, 4.69) is 174 Å². The molecule has 2 unspecified atom stereocenters. The van der Waals surface area contributed by atoms with Gasteiger partial charge in [-0.1, -0.05) is 143 Å². The van der Waals surface area contributed by atoms with Crippen LogP contribution in [0.1, 0.15) is 90.9 Å². The lowest BCUT2D eigenvalue weighted by molar-refractivity contribution is -0.00471. The lowest BCUT2D eigenvalue weighted by Gasteiger charge is -2.41. The highest BCUT2D eigenvalue weighted by Crippen LogP contribution is 2.62. The quantitative estimate of drug-likeness (QED) is 0.0946. The molecule has 6 aromatic rings. The molecule has 288 valence electrons. The Morgan fingerprint density at radius 3 is 1.44 bits per heavy atom. The molecule has 2 atom stereocenters. The van der Waals surface area contributed by atoms with E-state index in [-0.39, 0.29) is 5.60 Å². The van der Waals surface area contributed by atoms with Crippen LogP contribution >= 0.6 is 0 Å². The standard InChI is InChI=1S/C49H64N2OSi3/c1-33-25-27-41-39(31-33)43-45(50(41)53(6,7)8)35-21-15-17-23-37(35)47(43)55(12,30-20-14-13-19-29-52-49(3,4)5)48-38-24-18-16-22-36(38)46-44(48)40-32-34(2)26-28-42(40)51(46)54(9,10)11/h15-18,21-28,31-32,47-48H,13-14,19-20,29-30H2,1-12H3. The molecule has 0 radical (unpaired) electrons. The molecule has 2 aromatic heterocycles. The number of nitrogens with zero attached hydrogens (tertiary/aromatic N) is 2. The molecule has 4 aromatic carbocycles. The zero-order valence-corrected chi connectivity index (χ0v) is 38.8. The number of aryl methyl sites for hydroxylation is 2. The van der Waals surface area contributed by atoms with Gasteiger partial charge in [0.2, 0.25) is 0 Å². The van der Waals surface area contributed by atoms with E-state index in [1.807, 2.05) is 0 Å². The molecule has 2 heterocycles. The first-order chi connectivity index (χ1) is 25.9. The minimum atomic E-state index is -2.37. The van der Waals surface area contributed by atoms with E-state index < -0.39 is 24.5 Å². The normalized spacial score (nSPS) is 17.7. The minimum Gasteiger partial charge on any atom is -0.376 e. The Balaban J connectivity index is 1.39. The topological polar surface area (TPSA) is 19.1 Å². The van der Waals surface area contributed by atoms with Crippen LogP contribution < -0.4 is 0 Å². The largest absolute Gasteiger partial charge is 0.376 e. The van der Waals surface area contributed by atoms with Gasteiger partial charge in [0.1, 0.15) is 0 Å². The van der Waals surface area contributed by atoms with Crippen molar-refractivity contribution in [3.8, 4) is 22.5 Å². The van der Waals surface area contributed by atoms with Gasteiger partial charge in [0.25, 0.3) is 0 Å². The fourth-order valence-electron chi connectivity index (χ4n) is 10.8. The molecule has 2 aliphatic carbocycles. The van der Waals surface area contributed by atoms with E-state index in [1.165, 1.54) is 80.8 Å². The molecule has 0 bridgehead atoms. The first-order valence-electron chi connectivity index (χ1n) is 21.1. The molecule has 3 nitrogen and oxygen atoms in total. The average Bonchev–Trinajstić information content (AvgIpc) is 3.81. The third-order valence-corrected chi connectivity index (χ3v) is 21.6. The van der Waals surface area contributed by atoms with Crippen molar-refractivity contribution < 1.29 is 4.74 Å². The molecule has 0 amide bonds. The third-order valence-electron chi connectivity index (χ3n) is 12.8. The van der Waals surface area contributed by atoms with Gasteiger partial charge in [-0.05, 0) is 87.6 Å². The Hall–Kier alpha value is -3.43. The van der Waals surface area contributed by atoms with Crippen LogP contribution in [0.4, 0.5) is 0 Å². The molecule has 55 heavy (non-hydrogen) atoms. The van der Waals surface area contributed by atoms with Crippen molar-refractivity contribution in [2.24, 2.45) is 0 Å². The number of benzene rings is 4. The van der Waals surface area contributed by atoms with Crippen LogP contribution in [-0.2, 0) is 4.74 Å². The number of hydrogen-bond acceptors (Lipinski definition) is 1. The van der Waals surface area contributed by atoms with Crippen molar-refractivity contribution in [3.63, 3.8) is 0 Å². The summed E-state index contributed by atoms with van der Waals surface area (Å²) in [5.41, 5.74) is 18.8. The maximum absolute atomic E-state index is 6.17. The highest BCUT2D eigenvalue weighted by Gasteiger charge is 2.55. The SMILES string of the molecule is Cc1ccc2c(c1)c1c(n2[Si](C)(C)C)-c2ccccc2C1[Si](C)(CCCCCCOC(C)(C)C)C1c2ccccc2-c2c1c1cc(C)ccc1n2[Si](C)(C)C. The summed E-state index contributed by atoms with van der Waals surface area (Å²) >= 11 is 0. The second-order valence-electron chi connectivity index (χ2n) is 20.2. The number of fused-ring (bicyclic) bond motifs is 10. The number of aromatic nitrogens is 2. The third kappa shape index (κ3) is 6.40. The second-order valence-corrected chi connectivity index (χ2v) is 34.5. The fraction of sp³-hybridized carbons (Fsp3) is 0.429. The summed E-state index contributed by atoms with van der Waals surface area (Å²) in [5, 5.41) is 3.01. The van der Waals surface area contributed by atoms with Crippen molar-refractivity contribution in [1.29, 1.82) is 0 Å². The van der Waals surface area contributed by atoms with E-state index in [1.54, 1.807) is 22.3 Å². The molecule has 0 spiro atoms. The molecule has 6 heteroatoms. The van der Waals surface area contributed by atoms with E-state index in [9.17, 15) is 0 Å². The van der Waals surface area contributed by atoms with Crippen LogP contribution in [0.2, 0.25) is 51.9 Å². The van der Waals surface area contributed by atoms with E-state index in [0.29, 0.717) is 11.1 Å². The van der Waals surface area contributed by atoms with Crippen molar-refractivity contribution in [1.82, 2.24) is 8.47 Å². The summed E-state index contributed by atoms with van der Waals surface area (Å²) in [4.78, 5) is 0. The monoisotopic (exact) mass is 780 g/mol. The summed E-state index contributed by atoms with van der Waals surface area (Å²) < 4.78 is 11.9. The van der Waals surface area contributed by atoms with Crippen LogP contribution in [0.5, 0.6) is 0 Å². The van der Waals surface area contributed by atoms with Gasteiger partial charge in [0.15, 0.2) is 16.5 Å². The van der Waals surface area contributed by atoms with Crippen LogP contribution in [-0.4, -0.2) is 45.2 Å². The summed E-state index contributed by atoms with van der Waals surface area (Å²) in [7, 11) is -6.01. The van der Waals surface area contributed by atoms with E-state index in [0.717, 1.165) is 13.0 Å². The number of ether oxygens (including phenoxy) is 1. The van der Waals surface area contributed by atoms with Gasteiger partial charge in [-0.15, -0.1) is 0 Å².